The largest absolute Gasteiger partial charge is 0.371 e. The molecule has 1 unspecified atom stereocenters. The number of rotatable bonds is 0. The number of hydrogen-bond acceptors (Lipinski definition) is 2. The van der Waals surface area contributed by atoms with Crippen molar-refractivity contribution < 1.29 is 4.79 Å². The van der Waals surface area contributed by atoms with Gasteiger partial charge in [0.2, 0.25) is 5.91 Å². The molecule has 2 N–H and O–H groups in total. The molecule has 0 bridgehead atoms. The van der Waals surface area contributed by atoms with Gasteiger partial charge in [0.15, 0.2) is 0 Å². The zero-order valence-corrected chi connectivity index (χ0v) is 8.77. The van der Waals surface area contributed by atoms with Crippen molar-refractivity contribution in [1.29, 1.82) is 0 Å². The van der Waals surface area contributed by atoms with Crippen LogP contribution in [0.1, 0.15) is 12.5 Å². The van der Waals surface area contributed by atoms with Crippen LogP contribution in [0.2, 0.25) is 5.02 Å². The smallest absolute Gasteiger partial charge is 0.246 e. The lowest BCUT2D eigenvalue weighted by Gasteiger charge is -2.25. The van der Waals surface area contributed by atoms with Crippen LogP contribution in [0.3, 0.4) is 0 Å². The highest BCUT2D eigenvalue weighted by molar-refractivity contribution is 6.34. The molecule has 0 aliphatic carbocycles. The number of anilines is 2. The van der Waals surface area contributed by atoms with Gasteiger partial charge in [0.1, 0.15) is 6.04 Å². The van der Waals surface area contributed by atoms with Gasteiger partial charge in [-0.25, -0.2) is 0 Å². The van der Waals surface area contributed by atoms with Gasteiger partial charge < -0.3 is 10.6 Å². The van der Waals surface area contributed by atoms with Gasteiger partial charge in [0, 0.05) is 0 Å². The summed E-state index contributed by atoms with van der Waals surface area (Å²) in [5.41, 5.74) is 2.60. The monoisotopic (exact) mass is 210 g/mol. The highest BCUT2D eigenvalue weighted by Gasteiger charge is 2.23. The fourth-order valence-electron chi connectivity index (χ4n) is 1.51. The van der Waals surface area contributed by atoms with E-state index >= 15 is 0 Å². The van der Waals surface area contributed by atoms with Crippen molar-refractivity contribution in [2.24, 2.45) is 0 Å². The van der Waals surface area contributed by atoms with E-state index in [2.05, 4.69) is 10.6 Å². The molecule has 14 heavy (non-hydrogen) atoms. The van der Waals surface area contributed by atoms with E-state index in [0.717, 1.165) is 16.9 Å². The normalized spacial score (nSPS) is 19.6. The van der Waals surface area contributed by atoms with Crippen LogP contribution in [0, 0.1) is 6.92 Å². The van der Waals surface area contributed by atoms with Crippen molar-refractivity contribution in [2.75, 3.05) is 10.6 Å². The summed E-state index contributed by atoms with van der Waals surface area (Å²) in [4.78, 5) is 11.4. The summed E-state index contributed by atoms with van der Waals surface area (Å²) < 4.78 is 0. The number of halogens is 1. The van der Waals surface area contributed by atoms with Crippen molar-refractivity contribution in [3.63, 3.8) is 0 Å². The summed E-state index contributed by atoms with van der Waals surface area (Å²) in [5, 5.41) is 6.51. The predicted octanol–water partition coefficient (Wildman–Crippen LogP) is 2.40. The van der Waals surface area contributed by atoms with Crippen LogP contribution >= 0.6 is 11.6 Å². The molecule has 4 heteroatoms. The molecule has 0 saturated carbocycles. The first kappa shape index (κ1) is 9.34. The van der Waals surface area contributed by atoms with Crippen LogP contribution in [0.4, 0.5) is 11.4 Å². The molecule has 1 atom stereocenters. The van der Waals surface area contributed by atoms with E-state index < -0.39 is 0 Å². The van der Waals surface area contributed by atoms with Gasteiger partial charge in [-0.05, 0) is 31.5 Å². The van der Waals surface area contributed by atoms with E-state index in [1.165, 1.54) is 0 Å². The average molecular weight is 211 g/mol. The molecule has 1 aromatic rings. The maximum Gasteiger partial charge on any atom is 0.246 e. The number of hydrogen-bond donors (Lipinski definition) is 2. The highest BCUT2D eigenvalue weighted by Crippen LogP contribution is 2.34. The number of carbonyl (C=O) groups is 1. The van der Waals surface area contributed by atoms with Crippen molar-refractivity contribution in [2.45, 2.75) is 19.9 Å². The van der Waals surface area contributed by atoms with Crippen LogP contribution < -0.4 is 10.6 Å². The van der Waals surface area contributed by atoms with Crippen molar-refractivity contribution in [1.82, 2.24) is 0 Å². The second-order valence-electron chi connectivity index (χ2n) is 3.52. The van der Waals surface area contributed by atoms with E-state index in [0.29, 0.717) is 5.02 Å². The fourth-order valence-corrected chi connectivity index (χ4v) is 1.84. The third-order valence-electron chi connectivity index (χ3n) is 2.25. The Kier molecular flexibility index (Phi) is 2.11. The van der Waals surface area contributed by atoms with E-state index in [4.69, 9.17) is 11.6 Å². The van der Waals surface area contributed by atoms with Gasteiger partial charge >= 0.3 is 0 Å². The molecule has 1 aliphatic rings. The second-order valence-corrected chi connectivity index (χ2v) is 3.93. The molecule has 1 amide bonds. The van der Waals surface area contributed by atoms with Gasteiger partial charge in [0.25, 0.3) is 0 Å². The Morgan fingerprint density at radius 3 is 2.86 bits per heavy atom. The van der Waals surface area contributed by atoms with Gasteiger partial charge in [-0.15, -0.1) is 0 Å². The molecular weight excluding hydrogens is 200 g/mol. The summed E-state index contributed by atoms with van der Waals surface area (Å²) in [5.74, 6) is -0.0285. The maximum absolute atomic E-state index is 11.4. The number of benzene rings is 1. The Labute approximate surface area is 87.4 Å². The van der Waals surface area contributed by atoms with E-state index in [1.807, 2.05) is 19.1 Å². The summed E-state index contributed by atoms with van der Waals surface area (Å²) >= 11 is 6.05. The molecule has 0 spiro atoms. The molecule has 1 heterocycles. The summed E-state index contributed by atoms with van der Waals surface area (Å²) in [7, 11) is 0. The Bertz CT molecular complexity index is 403. The molecule has 0 saturated heterocycles. The lowest BCUT2D eigenvalue weighted by atomic mass is 10.1. The van der Waals surface area contributed by atoms with Crippen LogP contribution in [0.15, 0.2) is 12.1 Å². The molecular formula is C10H11ClN2O. The predicted molar refractivity (Wildman–Crippen MR) is 57.9 cm³/mol. The molecule has 0 fully saturated rings. The summed E-state index contributed by atoms with van der Waals surface area (Å²) in [6, 6.07) is 3.54. The fraction of sp³-hybridized carbons (Fsp3) is 0.300. The van der Waals surface area contributed by atoms with Crippen LogP contribution in [0.5, 0.6) is 0 Å². The van der Waals surface area contributed by atoms with Gasteiger partial charge in [-0.2, -0.15) is 0 Å². The van der Waals surface area contributed by atoms with Crippen molar-refractivity contribution in [3.8, 4) is 0 Å². The summed E-state index contributed by atoms with van der Waals surface area (Å²) in [6.07, 6.45) is 0. The Hall–Kier alpha value is -1.22. The molecule has 1 aromatic carbocycles. The first-order valence-corrected chi connectivity index (χ1v) is 4.83. The van der Waals surface area contributed by atoms with E-state index in [1.54, 1.807) is 6.92 Å². The number of fused-ring (bicyclic) bond motifs is 1. The molecule has 0 aromatic heterocycles. The Morgan fingerprint density at radius 1 is 1.43 bits per heavy atom. The quantitative estimate of drug-likeness (QED) is 0.691. The minimum absolute atomic E-state index is 0.0285. The third kappa shape index (κ3) is 1.44. The van der Waals surface area contributed by atoms with Crippen LogP contribution in [0.25, 0.3) is 0 Å². The lowest BCUT2D eigenvalue weighted by molar-refractivity contribution is -0.116. The van der Waals surface area contributed by atoms with E-state index in [9.17, 15) is 4.79 Å². The second kappa shape index (κ2) is 3.17. The first-order valence-electron chi connectivity index (χ1n) is 4.45. The minimum Gasteiger partial charge on any atom is -0.371 e. The van der Waals surface area contributed by atoms with Crippen molar-refractivity contribution >= 4 is 28.9 Å². The molecule has 0 radical (unpaired) electrons. The SMILES string of the molecule is Cc1cc(Cl)c2c(c1)NC(=O)C(C)N2. The lowest BCUT2D eigenvalue weighted by Crippen LogP contribution is -2.36. The molecule has 3 nitrogen and oxygen atoms in total. The Balaban J connectivity index is 2.51. The average Bonchev–Trinajstić information content (AvgIpc) is 2.08. The molecule has 74 valence electrons. The van der Waals surface area contributed by atoms with Crippen LogP contribution in [-0.2, 0) is 4.79 Å². The topological polar surface area (TPSA) is 41.1 Å². The number of aryl methyl sites for hydroxylation is 1. The highest BCUT2D eigenvalue weighted by atomic mass is 35.5. The van der Waals surface area contributed by atoms with E-state index in [-0.39, 0.29) is 11.9 Å². The molecule has 2 rings (SSSR count). The van der Waals surface area contributed by atoms with Gasteiger partial charge in [0.05, 0.1) is 16.4 Å². The maximum atomic E-state index is 11.4. The summed E-state index contributed by atoms with van der Waals surface area (Å²) in [6.45, 7) is 3.74. The third-order valence-corrected chi connectivity index (χ3v) is 2.54. The van der Waals surface area contributed by atoms with Crippen molar-refractivity contribution in [3.05, 3.63) is 22.7 Å². The number of nitrogens with one attached hydrogen (secondary N) is 2. The van der Waals surface area contributed by atoms with Gasteiger partial charge in [-0.3, -0.25) is 4.79 Å². The molecule has 1 aliphatic heterocycles. The Morgan fingerprint density at radius 2 is 2.14 bits per heavy atom. The minimum atomic E-state index is -0.234. The van der Waals surface area contributed by atoms with Crippen LogP contribution in [-0.4, -0.2) is 11.9 Å². The zero-order chi connectivity index (χ0) is 10.3. The first-order chi connectivity index (χ1) is 6.58. The van der Waals surface area contributed by atoms with Gasteiger partial charge in [-0.1, -0.05) is 11.6 Å². The zero-order valence-electron chi connectivity index (χ0n) is 8.02. The standard InChI is InChI=1S/C10H11ClN2O/c1-5-3-7(11)9-8(4-5)13-10(14)6(2)12-9/h3-4,6,12H,1-2H3,(H,13,14). The number of amides is 1. The number of carbonyl (C=O) groups excluding carboxylic acids is 1.